The predicted molar refractivity (Wildman–Crippen MR) is 141 cm³/mol. The molecule has 0 bridgehead atoms. The lowest BCUT2D eigenvalue weighted by Crippen LogP contribution is -2.61. The lowest BCUT2D eigenvalue weighted by atomic mass is 9.89. The van der Waals surface area contributed by atoms with E-state index in [1.165, 1.54) is 0 Å². The molecule has 3 aromatic carbocycles. The van der Waals surface area contributed by atoms with Gasteiger partial charge in [-0.05, 0) is 54.1 Å². The van der Waals surface area contributed by atoms with Gasteiger partial charge in [-0.2, -0.15) is 0 Å². The number of nitrogens with zero attached hydrogens (tertiary/aromatic N) is 3. The van der Waals surface area contributed by atoms with Crippen molar-refractivity contribution >= 4 is 29.2 Å². The molecule has 4 aromatic rings. The number of carbonyl (C=O) groups is 2. The molecule has 1 saturated heterocycles. The third-order valence-electron chi connectivity index (χ3n) is 6.36. The monoisotopic (exact) mass is 532 g/mol. The second kappa shape index (κ2) is 11.0. The van der Waals surface area contributed by atoms with E-state index in [0.29, 0.717) is 34.3 Å². The Morgan fingerprint density at radius 2 is 1.76 bits per heavy atom. The minimum atomic E-state index is -0.762. The Bertz CT molecular complexity index is 1440. The van der Waals surface area contributed by atoms with E-state index >= 15 is 0 Å². The number of halogens is 1. The zero-order valence-electron chi connectivity index (χ0n) is 21.0. The first-order valence-corrected chi connectivity index (χ1v) is 12.5. The van der Waals surface area contributed by atoms with Crippen LogP contribution in [-0.4, -0.2) is 36.3 Å². The molecule has 0 spiro atoms. The van der Waals surface area contributed by atoms with Crippen LogP contribution in [0, 0.1) is 0 Å². The topological polar surface area (TPSA) is 73.9 Å². The Kier molecular flexibility index (Phi) is 7.33. The summed E-state index contributed by atoms with van der Waals surface area (Å²) in [5, 5.41) is 0.578. The van der Waals surface area contributed by atoms with Gasteiger partial charge in [0.25, 0.3) is 5.91 Å². The first-order chi connectivity index (χ1) is 18.4. The van der Waals surface area contributed by atoms with E-state index in [0.717, 1.165) is 5.56 Å². The maximum absolute atomic E-state index is 13.3. The summed E-state index contributed by atoms with van der Waals surface area (Å²) in [5.41, 5.74) is 1.88. The number of ether oxygens (including phenoxy) is 3. The Balaban J connectivity index is 1.35. The molecule has 8 nitrogen and oxygen atoms in total. The highest BCUT2D eigenvalue weighted by Gasteiger charge is 2.51. The fraction of sp³-hybridized carbons (Fsp3) is 0.207. The van der Waals surface area contributed by atoms with Gasteiger partial charge in [-0.15, -0.1) is 0 Å². The molecule has 1 aromatic heterocycles. The van der Waals surface area contributed by atoms with Crippen molar-refractivity contribution < 1.29 is 28.4 Å². The largest absolute Gasteiger partial charge is 0.495 e. The van der Waals surface area contributed by atoms with Crippen molar-refractivity contribution in [2.45, 2.75) is 18.7 Å². The maximum atomic E-state index is 13.3. The molecule has 38 heavy (non-hydrogen) atoms. The number of benzene rings is 3. The van der Waals surface area contributed by atoms with Gasteiger partial charge in [0.2, 0.25) is 12.4 Å². The standard InChI is InChI=1S/C29H27ClN3O5/c1-31-15-16-32(19-31)17-18-37-29(35)21-9-7-20(8-10-21)26-27(38-23-13-11-22(30)12-14-23)28(34)33(26)24-5-3-4-6-25(24)36-2/h3-16,19,26-27H,17-18H2,1-2H3/q+1. The Hall–Kier alpha value is -4.30. The van der Waals surface area contributed by atoms with Gasteiger partial charge in [-0.1, -0.05) is 35.9 Å². The first kappa shape index (κ1) is 25.4. The zero-order chi connectivity index (χ0) is 26.6. The summed E-state index contributed by atoms with van der Waals surface area (Å²) in [5.74, 6) is 0.505. The van der Waals surface area contributed by atoms with Crippen LogP contribution in [0.2, 0.25) is 5.02 Å². The number of amides is 1. The quantitative estimate of drug-likeness (QED) is 0.182. The number of methoxy groups -OCH3 is 1. The number of carbonyl (C=O) groups excluding carboxylic acids is 2. The van der Waals surface area contributed by atoms with E-state index < -0.39 is 18.1 Å². The van der Waals surface area contributed by atoms with E-state index in [1.54, 1.807) is 54.5 Å². The van der Waals surface area contributed by atoms with Crippen LogP contribution in [0.25, 0.3) is 0 Å². The summed E-state index contributed by atoms with van der Waals surface area (Å²) in [6.07, 6.45) is 4.99. The number of hydrogen-bond acceptors (Lipinski definition) is 5. The van der Waals surface area contributed by atoms with E-state index in [9.17, 15) is 9.59 Å². The number of anilines is 1. The Morgan fingerprint density at radius 3 is 2.45 bits per heavy atom. The number of rotatable bonds is 9. The lowest BCUT2D eigenvalue weighted by Gasteiger charge is -2.47. The summed E-state index contributed by atoms with van der Waals surface area (Å²) in [6, 6.07) is 20.8. The number of esters is 1. The fourth-order valence-electron chi connectivity index (χ4n) is 4.44. The molecule has 1 amide bonds. The Labute approximate surface area is 225 Å². The van der Waals surface area contributed by atoms with E-state index in [4.69, 9.17) is 25.8 Å². The summed E-state index contributed by atoms with van der Waals surface area (Å²) in [7, 11) is 3.50. The maximum Gasteiger partial charge on any atom is 0.338 e. The summed E-state index contributed by atoms with van der Waals surface area (Å²) in [4.78, 5) is 27.6. The molecule has 0 aliphatic carbocycles. The van der Waals surface area contributed by atoms with Gasteiger partial charge in [0.15, 0.2) is 0 Å². The minimum Gasteiger partial charge on any atom is -0.495 e. The van der Waals surface area contributed by atoms with E-state index in [-0.39, 0.29) is 12.5 Å². The summed E-state index contributed by atoms with van der Waals surface area (Å²) >= 11 is 6.01. The third kappa shape index (κ3) is 5.21. The number of aryl methyl sites for hydroxylation is 1. The molecule has 1 aliphatic rings. The lowest BCUT2D eigenvalue weighted by molar-refractivity contribution is -0.671. The average molecular weight is 533 g/mol. The third-order valence-corrected chi connectivity index (χ3v) is 6.61. The molecule has 2 heterocycles. The van der Waals surface area contributed by atoms with Gasteiger partial charge in [-0.3, -0.25) is 9.69 Å². The molecule has 9 heteroatoms. The van der Waals surface area contributed by atoms with Gasteiger partial charge in [0.1, 0.15) is 43.1 Å². The van der Waals surface area contributed by atoms with Gasteiger partial charge < -0.3 is 14.2 Å². The van der Waals surface area contributed by atoms with Crippen molar-refractivity contribution in [3.05, 3.63) is 108 Å². The van der Waals surface area contributed by atoms with E-state index in [2.05, 4.69) is 0 Å². The second-order valence-electron chi connectivity index (χ2n) is 8.89. The molecular weight excluding hydrogens is 506 g/mol. The fourth-order valence-corrected chi connectivity index (χ4v) is 4.56. The molecule has 0 radical (unpaired) electrons. The molecule has 5 rings (SSSR count). The molecule has 0 N–H and O–H groups in total. The van der Waals surface area contributed by atoms with Crippen molar-refractivity contribution in [1.29, 1.82) is 0 Å². The number of aromatic nitrogens is 2. The Morgan fingerprint density at radius 1 is 1.03 bits per heavy atom. The molecule has 1 fully saturated rings. The molecular formula is C29H27ClN3O5+. The van der Waals surface area contributed by atoms with Crippen LogP contribution >= 0.6 is 11.6 Å². The number of hydrogen-bond donors (Lipinski definition) is 0. The molecule has 2 unspecified atom stereocenters. The number of β-lactam (4-membered cyclic amide) rings is 1. The highest BCUT2D eigenvalue weighted by molar-refractivity contribution is 6.30. The van der Waals surface area contributed by atoms with Gasteiger partial charge >= 0.3 is 5.97 Å². The SMILES string of the molecule is COc1ccccc1N1C(=O)C(Oc2ccc(Cl)cc2)C1c1ccc(C(=O)OCCn2cc[n+](C)c2)cc1. The van der Waals surface area contributed by atoms with Crippen LogP contribution in [0.5, 0.6) is 11.5 Å². The molecule has 2 atom stereocenters. The summed E-state index contributed by atoms with van der Waals surface area (Å²) < 4.78 is 20.9. The second-order valence-corrected chi connectivity index (χ2v) is 9.33. The van der Waals surface area contributed by atoms with Crippen molar-refractivity contribution in [1.82, 2.24) is 4.57 Å². The predicted octanol–water partition coefficient (Wildman–Crippen LogP) is 4.37. The van der Waals surface area contributed by atoms with E-state index in [1.807, 2.05) is 65.2 Å². The van der Waals surface area contributed by atoms with Crippen molar-refractivity contribution in [3.63, 3.8) is 0 Å². The molecule has 0 saturated carbocycles. The van der Waals surface area contributed by atoms with Crippen LogP contribution in [-0.2, 0) is 23.1 Å². The van der Waals surface area contributed by atoms with Gasteiger partial charge in [-0.25, -0.2) is 13.9 Å². The van der Waals surface area contributed by atoms with Crippen LogP contribution in [0.15, 0.2) is 91.5 Å². The van der Waals surface area contributed by atoms with Gasteiger partial charge in [0.05, 0.1) is 25.4 Å². The zero-order valence-corrected chi connectivity index (χ0v) is 21.7. The first-order valence-electron chi connectivity index (χ1n) is 12.1. The summed E-state index contributed by atoms with van der Waals surface area (Å²) in [6.45, 7) is 0.817. The van der Waals surface area contributed by atoms with Crippen molar-refractivity contribution in [3.8, 4) is 11.5 Å². The smallest absolute Gasteiger partial charge is 0.338 e. The highest BCUT2D eigenvalue weighted by Crippen LogP contribution is 2.44. The van der Waals surface area contributed by atoms with Gasteiger partial charge in [0, 0.05) is 5.02 Å². The average Bonchev–Trinajstić information content (AvgIpc) is 3.36. The number of para-hydroxylation sites is 2. The van der Waals surface area contributed by atoms with Crippen LogP contribution in [0.3, 0.4) is 0 Å². The normalized spacial score (nSPS) is 16.6. The van der Waals surface area contributed by atoms with Crippen LogP contribution < -0.4 is 18.9 Å². The van der Waals surface area contributed by atoms with Crippen molar-refractivity contribution in [2.24, 2.45) is 7.05 Å². The van der Waals surface area contributed by atoms with Crippen molar-refractivity contribution in [2.75, 3.05) is 18.6 Å². The minimum absolute atomic E-state index is 0.198. The highest BCUT2D eigenvalue weighted by atomic mass is 35.5. The molecule has 1 aliphatic heterocycles. The van der Waals surface area contributed by atoms with Crippen LogP contribution in [0.1, 0.15) is 22.0 Å². The van der Waals surface area contributed by atoms with Crippen LogP contribution in [0.4, 0.5) is 5.69 Å². The number of imidazole rings is 1. The molecule has 194 valence electrons.